The molecule has 6 aliphatic rings. The standard InChI is InChI=1S/C46H82O12S2/c1-43(2)49-31-33(53-43)35-37(39-41(51-35)57-45(5,6)55-39)47-27-23-19-15-11-9-13-17-21-25-29-59-60-30-26-22-18-14-10-12-16-20-24-28-48-38-36(34-32-50-44(3,4)54-34)52-42-40(38)56-46(7,8)58-42/h33-42H,9-32H2,1-8H3/t33-,34-,35-,36-,37+,38+,39-,40-,41-,42-/m1/s1. The molecule has 0 spiro atoms. The Morgan fingerprint density at radius 1 is 0.383 bits per heavy atom. The molecule has 350 valence electrons. The van der Waals surface area contributed by atoms with Gasteiger partial charge < -0.3 is 56.8 Å². The van der Waals surface area contributed by atoms with Gasteiger partial charge in [0.15, 0.2) is 35.7 Å². The average Bonchev–Trinajstić information content (AvgIpc) is 4.01. The van der Waals surface area contributed by atoms with Crippen LogP contribution < -0.4 is 0 Å². The third-order valence-electron chi connectivity index (χ3n) is 12.3. The first kappa shape index (κ1) is 49.6. The van der Waals surface area contributed by atoms with Crippen LogP contribution >= 0.6 is 21.6 Å². The van der Waals surface area contributed by atoms with E-state index >= 15 is 0 Å². The van der Waals surface area contributed by atoms with E-state index in [2.05, 4.69) is 21.6 Å². The molecule has 0 N–H and O–H groups in total. The first-order valence-electron chi connectivity index (χ1n) is 23.8. The quantitative estimate of drug-likeness (QED) is 0.0525. The summed E-state index contributed by atoms with van der Waals surface area (Å²) in [5.74, 6) is 0.0163. The van der Waals surface area contributed by atoms with Crippen LogP contribution in [0.25, 0.3) is 0 Å². The number of hydrogen-bond acceptors (Lipinski definition) is 14. The molecule has 0 aromatic heterocycles. The van der Waals surface area contributed by atoms with Gasteiger partial charge in [-0.3, -0.25) is 0 Å². The summed E-state index contributed by atoms with van der Waals surface area (Å²) >= 11 is 0. The lowest BCUT2D eigenvalue weighted by Crippen LogP contribution is -2.44. The van der Waals surface area contributed by atoms with E-state index in [1.807, 2.05) is 55.4 Å². The Balaban J connectivity index is 0.666. The molecule has 6 saturated heterocycles. The maximum absolute atomic E-state index is 6.41. The normalized spacial score (nSPS) is 34.8. The van der Waals surface area contributed by atoms with E-state index in [-0.39, 0.29) is 48.8 Å². The molecule has 6 heterocycles. The lowest BCUT2D eigenvalue weighted by atomic mass is 10.1. The second-order valence-electron chi connectivity index (χ2n) is 19.6. The number of unbranched alkanes of at least 4 members (excludes halogenated alkanes) is 16. The van der Waals surface area contributed by atoms with Crippen LogP contribution in [-0.2, 0) is 56.8 Å². The zero-order valence-electron chi connectivity index (χ0n) is 38.5. The van der Waals surface area contributed by atoms with Crippen LogP contribution in [0.15, 0.2) is 0 Å². The molecule has 0 unspecified atom stereocenters. The molecule has 6 rings (SSSR count). The van der Waals surface area contributed by atoms with Crippen molar-refractivity contribution >= 4 is 21.6 Å². The molecule has 0 bridgehead atoms. The summed E-state index contributed by atoms with van der Waals surface area (Å²) in [7, 11) is 4.16. The van der Waals surface area contributed by atoms with Gasteiger partial charge in [-0.25, -0.2) is 0 Å². The summed E-state index contributed by atoms with van der Waals surface area (Å²) in [5.41, 5.74) is 0. The first-order chi connectivity index (χ1) is 28.7. The van der Waals surface area contributed by atoms with E-state index in [4.69, 9.17) is 56.8 Å². The van der Waals surface area contributed by atoms with Gasteiger partial charge >= 0.3 is 0 Å². The molecular formula is C46H82O12S2. The fraction of sp³-hybridized carbons (Fsp3) is 1.00. The van der Waals surface area contributed by atoms with Crippen molar-refractivity contribution in [2.45, 2.75) is 256 Å². The van der Waals surface area contributed by atoms with E-state index in [0.29, 0.717) is 26.4 Å². The summed E-state index contributed by atoms with van der Waals surface area (Å²) in [4.78, 5) is 0. The zero-order valence-corrected chi connectivity index (χ0v) is 40.1. The van der Waals surface area contributed by atoms with Gasteiger partial charge in [-0.15, -0.1) is 0 Å². The van der Waals surface area contributed by atoms with Crippen LogP contribution in [-0.4, -0.2) is 122 Å². The number of fused-ring (bicyclic) bond motifs is 2. The maximum Gasteiger partial charge on any atom is 0.190 e. The number of hydrogen-bond donors (Lipinski definition) is 0. The maximum atomic E-state index is 6.41. The van der Waals surface area contributed by atoms with Crippen LogP contribution in [0, 0.1) is 0 Å². The second-order valence-corrected chi connectivity index (χ2v) is 22.3. The van der Waals surface area contributed by atoms with Crippen molar-refractivity contribution in [3.05, 3.63) is 0 Å². The summed E-state index contributed by atoms with van der Waals surface area (Å²) in [6.45, 7) is 17.8. The van der Waals surface area contributed by atoms with E-state index in [9.17, 15) is 0 Å². The van der Waals surface area contributed by atoms with Crippen molar-refractivity contribution in [2.75, 3.05) is 37.9 Å². The van der Waals surface area contributed by atoms with Crippen LogP contribution in [0.1, 0.15) is 171 Å². The molecule has 6 aliphatic heterocycles. The van der Waals surface area contributed by atoms with Crippen molar-refractivity contribution in [1.82, 2.24) is 0 Å². The van der Waals surface area contributed by atoms with E-state index in [1.54, 1.807) is 0 Å². The van der Waals surface area contributed by atoms with Gasteiger partial charge in [0.2, 0.25) is 0 Å². The predicted molar refractivity (Wildman–Crippen MR) is 235 cm³/mol. The third-order valence-corrected chi connectivity index (χ3v) is 14.9. The van der Waals surface area contributed by atoms with Gasteiger partial charge in [0, 0.05) is 24.7 Å². The molecule has 10 atom stereocenters. The molecule has 6 fully saturated rings. The fourth-order valence-corrected chi connectivity index (χ4v) is 11.6. The summed E-state index contributed by atoms with van der Waals surface area (Å²) in [5, 5.41) is 0. The Kier molecular flexibility index (Phi) is 19.5. The predicted octanol–water partition coefficient (Wildman–Crippen LogP) is 10.2. The van der Waals surface area contributed by atoms with Gasteiger partial charge in [-0.05, 0) is 81.1 Å². The van der Waals surface area contributed by atoms with Crippen molar-refractivity contribution < 1.29 is 56.8 Å². The van der Waals surface area contributed by atoms with Crippen molar-refractivity contribution in [3.8, 4) is 0 Å². The highest BCUT2D eigenvalue weighted by molar-refractivity contribution is 8.76. The summed E-state index contributed by atoms with van der Waals surface area (Å²) in [6.07, 6.45) is 20.5. The Hall–Kier alpha value is 0.220. The monoisotopic (exact) mass is 891 g/mol. The van der Waals surface area contributed by atoms with Crippen molar-refractivity contribution in [3.63, 3.8) is 0 Å². The Labute approximate surface area is 370 Å². The minimum atomic E-state index is -0.669. The third kappa shape index (κ3) is 15.4. The molecule has 0 amide bonds. The minimum Gasteiger partial charge on any atom is -0.372 e. The lowest BCUT2D eigenvalue weighted by Gasteiger charge is -2.29. The van der Waals surface area contributed by atoms with Crippen LogP contribution in [0.3, 0.4) is 0 Å². The smallest absolute Gasteiger partial charge is 0.190 e. The van der Waals surface area contributed by atoms with E-state index in [1.165, 1.54) is 114 Å². The van der Waals surface area contributed by atoms with Gasteiger partial charge in [0.25, 0.3) is 0 Å². The molecule has 12 nitrogen and oxygen atoms in total. The SMILES string of the molecule is CC1(C)O[C@H]2O[C@H]([C@H]3COC(C)(C)O3)[C@H](OCCCCCCCCCCCSSCCCCCCCCCCCO[C@@H]3[C@H]4OC(C)(C)O[C@H]4O[C@@H]3[C@H]3COC(C)(C)O3)[C@H]2O1. The van der Waals surface area contributed by atoms with E-state index in [0.717, 1.165) is 12.8 Å². The van der Waals surface area contributed by atoms with Crippen LogP contribution in [0.5, 0.6) is 0 Å². The Morgan fingerprint density at radius 2 is 0.717 bits per heavy atom. The van der Waals surface area contributed by atoms with Crippen LogP contribution in [0.4, 0.5) is 0 Å². The van der Waals surface area contributed by atoms with Gasteiger partial charge in [-0.2, -0.15) is 0 Å². The van der Waals surface area contributed by atoms with E-state index < -0.39 is 35.7 Å². The zero-order chi connectivity index (χ0) is 42.6. The fourth-order valence-electron chi connectivity index (χ4n) is 9.30. The van der Waals surface area contributed by atoms with Crippen molar-refractivity contribution in [2.24, 2.45) is 0 Å². The highest BCUT2D eigenvalue weighted by Gasteiger charge is 2.60. The summed E-state index contributed by atoms with van der Waals surface area (Å²) < 4.78 is 73.5. The van der Waals surface area contributed by atoms with Crippen molar-refractivity contribution in [1.29, 1.82) is 0 Å². The lowest BCUT2D eigenvalue weighted by molar-refractivity contribution is -0.236. The molecule has 0 aliphatic carbocycles. The largest absolute Gasteiger partial charge is 0.372 e. The molecule has 0 radical (unpaired) electrons. The Bertz CT molecular complexity index is 1150. The molecule has 0 aromatic rings. The highest BCUT2D eigenvalue weighted by Crippen LogP contribution is 2.43. The Morgan fingerprint density at radius 3 is 1.05 bits per heavy atom. The minimum absolute atomic E-state index is 0.188. The van der Waals surface area contributed by atoms with Gasteiger partial charge in [-0.1, -0.05) is 111 Å². The molecule has 0 saturated carbocycles. The number of rotatable bonds is 29. The van der Waals surface area contributed by atoms with Gasteiger partial charge in [0.1, 0.15) is 48.8 Å². The molecular weight excluding hydrogens is 809 g/mol. The second kappa shape index (κ2) is 23.6. The molecule has 0 aromatic carbocycles. The summed E-state index contributed by atoms with van der Waals surface area (Å²) in [6, 6.07) is 0. The topological polar surface area (TPSA) is 111 Å². The van der Waals surface area contributed by atoms with Gasteiger partial charge in [0.05, 0.1) is 13.2 Å². The number of ether oxygens (including phenoxy) is 12. The molecule has 60 heavy (non-hydrogen) atoms. The van der Waals surface area contributed by atoms with Crippen LogP contribution in [0.2, 0.25) is 0 Å². The average molecular weight is 891 g/mol. The highest BCUT2D eigenvalue weighted by atomic mass is 33.1. The first-order valence-corrected chi connectivity index (χ1v) is 26.3. The molecule has 14 heteroatoms.